The molecule has 0 fully saturated rings. The van der Waals surface area contributed by atoms with E-state index in [-0.39, 0.29) is 11.5 Å². The quantitative estimate of drug-likeness (QED) is 0.818. The molecule has 1 aromatic carbocycles. The standard InChI is InChI=1S/C14H15N3O2/c1-10-3-6-12(7-4-10)15-16-14(19)11-5-8-13(18)17(2)9-11/h3-9,15H,1-2H3,(H,16,19). The van der Waals surface area contributed by atoms with Gasteiger partial charge in [-0.25, -0.2) is 0 Å². The largest absolute Gasteiger partial charge is 0.318 e. The second kappa shape index (κ2) is 5.39. The SMILES string of the molecule is Cc1ccc(NNC(=O)c2ccc(=O)n(C)c2)cc1. The van der Waals surface area contributed by atoms with Gasteiger partial charge in [-0.1, -0.05) is 17.7 Å². The van der Waals surface area contributed by atoms with E-state index in [1.807, 2.05) is 31.2 Å². The number of carbonyl (C=O) groups excluding carboxylic acids is 1. The number of hydrogen-bond donors (Lipinski definition) is 2. The van der Waals surface area contributed by atoms with Crippen LogP contribution < -0.4 is 16.4 Å². The Kier molecular flexibility index (Phi) is 3.66. The van der Waals surface area contributed by atoms with Gasteiger partial charge in [-0.2, -0.15) is 0 Å². The Balaban J connectivity index is 2.03. The fourth-order valence-corrected chi connectivity index (χ4v) is 1.57. The Morgan fingerprint density at radius 2 is 1.79 bits per heavy atom. The highest BCUT2D eigenvalue weighted by atomic mass is 16.2. The maximum Gasteiger partial charge on any atom is 0.271 e. The van der Waals surface area contributed by atoms with Crippen molar-refractivity contribution >= 4 is 11.6 Å². The smallest absolute Gasteiger partial charge is 0.271 e. The second-order valence-electron chi connectivity index (χ2n) is 4.31. The molecule has 19 heavy (non-hydrogen) atoms. The van der Waals surface area contributed by atoms with E-state index < -0.39 is 0 Å². The number of aromatic nitrogens is 1. The molecular formula is C14H15N3O2. The minimum Gasteiger partial charge on any atom is -0.318 e. The van der Waals surface area contributed by atoms with Crippen molar-refractivity contribution in [2.24, 2.45) is 7.05 Å². The molecule has 1 heterocycles. The first-order valence-electron chi connectivity index (χ1n) is 5.86. The second-order valence-corrected chi connectivity index (χ2v) is 4.31. The third kappa shape index (κ3) is 3.22. The lowest BCUT2D eigenvalue weighted by atomic mass is 10.2. The van der Waals surface area contributed by atoms with Gasteiger partial charge in [0.05, 0.1) is 11.3 Å². The number of nitrogens with one attached hydrogen (secondary N) is 2. The maximum atomic E-state index is 11.9. The van der Waals surface area contributed by atoms with E-state index in [4.69, 9.17) is 0 Å². The van der Waals surface area contributed by atoms with E-state index in [0.717, 1.165) is 11.3 Å². The molecule has 0 unspecified atom stereocenters. The van der Waals surface area contributed by atoms with Crippen molar-refractivity contribution in [3.05, 3.63) is 64.1 Å². The van der Waals surface area contributed by atoms with Crippen LogP contribution in [0.25, 0.3) is 0 Å². The number of anilines is 1. The van der Waals surface area contributed by atoms with Gasteiger partial charge in [0.1, 0.15) is 0 Å². The van der Waals surface area contributed by atoms with Gasteiger partial charge in [0, 0.05) is 19.3 Å². The first-order chi connectivity index (χ1) is 9.06. The van der Waals surface area contributed by atoms with Crippen molar-refractivity contribution in [3.63, 3.8) is 0 Å². The molecule has 0 aliphatic rings. The first kappa shape index (κ1) is 12.9. The normalized spacial score (nSPS) is 10.0. The number of aryl methyl sites for hydroxylation is 2. The third-order valence-electron chi connectivity index (χ3n) is 2.72. The van der Waals surface area contributed by atoms with Crippen molar-refractivity contribution in [3.8, 4) is 0 Å². The summed E-state index contributed by atoms with van der Waals surface area (Å²) < 4.78 is 1.36. The van der Waals surface area contributed by atoms with Gasteiger partial charge in [-0.15, -0.1) is 0 Å². The summed E-state index contributed by atoms with van der Waals surface area (Å²) in [6.07, 6.45) is 1.49. The third-order valence-corrected chi connectivity index (χ3v) is 2.72. The molecular weight excluding hydrogens is 242 g/mol. The minimum absolute atomic E-state index is 0.150. The Bertz CT molecular complexity index is 644. The van der Waals surface area contributed by atoms with Crippen LogP contribution in [-0.4, -0.2) is 10.5 Å². The molecule has 5 nitrogen and oxygen atoms in total. The summed E-state index contributed by atoms with van der Waals surface area (Å²) in [5, 5.41) is 0. The Labute approximate surface area is 110 Å². The molecule has 0 atom stereocenters. The zero-order chi connectivity index (χ0) is 13.8. The lowest BCUT2D eigenvalue weighted by Crippen LogP contribution is -2.30. The van der Waals surface area contributed by atoms with Crippen molar-refractivity contribution < 1.29 is 4.79 Å². The van der Waals surface area contributed by atoms with E-state index >= 15 is 0 Å². The maximum absolute atomic E-state index is 11.9. The monoisotopic (exact) mass is 257 g/mol. The molecule has 0 radical (unpaired) electrons. The molecule has 0 aliphatic heterocycles. The summed E-state index contributed by atoms with van der Waals surface area (Å²) in [6, 6.07) is 10.5. The van der Waals surface area contributed by atoms with Gasteiger partial charge in [0.2, 0.25) is 5.56 Å². The minimum atomic E-state index is -0.295. The van der Waals surface area contributed by atoms with Crippen molar-refractivity contribution in [2.45, 2.75) is 6.92 Å². The fraction of sp³-hybridized carbons (Fsp3) is 0.143. The number of pyridine rings is 1. The van der Waals surface area contributed by atoms with Gasteiger partial charge in [-0.3, -0.25) is 20.4 Å². The number of benzene rings is 1. The first-order valence-corrected chi connectivity index (χ1v) is 5.86. The van der Waals surface area contributed by atoms with E-state index in [1.54, 1.807) is 7.05 Å². The van der Waals surface area contributed by atoms with Crippen molar-refractivity contribution in [2.75, 3.05) is 5.43 Å². The van der Waals surface area contributed by atoms with Crippen LogP contribution in [0.1, 0.15) is 15.9 Å². The molecule has 2 aromatic rings. The Morgan fingerprint density at radius 3 is 2.42 bits per heavy atom. The number of rotatable bonds is 3. The molecule has 0 saturated heterocycles. The predicted molar refractivity (Wildman–Crippen MR) is 74.0 cm³/mol. The van der Waals surface area contributed by atoms with Gasteiger partial charge >= 0.3 is 0 Å². The average molecular weight is 257 g/mol. The van der Waals surface area contributed by atoms with E-state index in [0.29, 0.717) is 5.56 Å². The van der Waals surface area contributed by atoms with Gasteiger partial charge in [0.15, 0.2) is 0 Å². The Morgan fingerprint density at radius 1 is 1.11 bits per heavy atom. The van der Waals surface area contributed by atoms with E-state index in [1.165, 1.54) is 22.9 Å². The highest BCUT2D eigenvalue weighted by Crippen LogP contribution is 2.07. The van der Waals surface area contributed by atoms with E-state index in [9.17, 15) is 9.59 Å². The number of hydrogen-bond acceptors (Lipinski definition) is 3. The highest BCUT2D eigenvalue weighted by molar-refractivity contribution is 5.94. The summed E-state index contributed by atoms with van der Waals surface area (Å²) >= 11 is 0. The van der Waals surface area contributed by atoms with E-state index in [2.05, 4.69) is 10.9 Å². The molecule has 2 N–H and O–H groups in total. The van der Waals surface area contributed by atoms with Crippen LogP contribution in [0.4, 0.5) is 5.69 Å². The van der Waals surface area contributed by atoms with Gasteiger partial charge in [-0.05, 0) is 25.1 Å². The summed E-state index contributed by atoms with van der Waals surface area (Å²) in [5.74, 6) is -0.295. The van der Waals surface area contributed by atoms with Gasteiger partial charge in [0.25, 0.3) is 5.91 Å². The Hall–Kier alpha value is -2.56. The summed E-state index contributed by atoms with van der Waals surface area (Å²) in [4.78, 5) is 23.1. The molecule has 0 saturated carbocycles. The van der Waals surface area contributed by atoms with Crippen LogP contribution in [0.3, 0.4) is 0 Å². The molecule has 1 amide bonds. The van der Waals surface area contributed by atoms with Crippen LogP contribution in [0.5, 0.6) is 0 Å². The van der Waals surface area contributed by atoms with Crippen LogP contribution in [0, 0.1) is 6.92 Å². The van der Waals surface area contributed by atoms with Crippen LogP contribution in [-0.2, 0) is 7.05 Å². The molecule has 0 bridgehead atoms. The van der Waals surface area contributed by atoms with Crippen LogP contribution in [0.2, 0.25) is 0 Å². The molecule has 1 aromatic heterocycles. The van der Waals surface area contributed by atoms with Crippen molar-refractivity contribution in [1.82, 2.24) is 9.99 Å². The van der Waals surface area contributed by atoms with Crippen LogP contribution >= 0.6 is 0 Å². The number of hydrazine groups is 1. The van der Waals surface area contributed by atoms with Crippen LogP contribution in [0.15, 0.2) is 47.4 Å². The predicted octanol–water partition coefficient (Wildman–Crippen LogP) is 1.45. The summed E-state index contributed by atoms with van der Waals surface area (Å²) in [5.41, 5.74) is 7.61. The lowest BCUT2D eigenvalue weighted by Gasteiger charge is -2.09. The summed E-state index contributed by atoms with van der Waals surface area (Å²) in [7, 11) is 1.60. The molecule has 98 valence electrons. The number of carbonyl (C=O) groups is 1. The fourth-order valence-electron chi connectivity index (χ4n) is 1.57. The molecule has 5 heteroatoms. The lowest BCUT2D eigenvalue weighted by molar-refractivity contribution is 0.0962. The molecule has 0 aliphatic carbocycles. The molecule has 2 rings (SSSR count). The topological polar surface area (TPSA) is 63.1 Å². The summed E-state index contributed by atoms with van der Waals surface area (Å²) in [6.45, 7) is 1.99. The average Bonchev–Trinajstić information content (AvgIpc) is 2.41. The zero-order valence-corrected chi connectivity index (χ0v) is 10.8. The number of amides is 1. The number of nitrogens with zero attached hydrogens (tertiary/aromatic N) is 1. The highest BCUT2D eigenvalue weighted by Gasteiger charge is 2.05. The molecule has 0 spiro atoms. The van der Waals surface area contributed by atoms with Crippen molar-refractivity contribution in [1.29, 1.82) is 0 Å². The zero-order valence-electron chi connectivity index (χ0n) is 10.8. The van der Waals surface area contributed by atoms with Gasteiger partial charge < -0.3 is 4.57 Å².